The smallest absolute Gasteiger partial charge is 0.195 e. The lowest BCUT2D eigenvalue weighted by atomic mass is 9.97. The van der Waals surface area contributed by atoms with Gasteiger partial charge in [-0.05, 0) is 6.42 Å². The first-order valence-corrected chi connectivity index (χ1v) is 6.87. The van der Waals surface area contributed by atoms with Gasteiger partial charge in [0.2, 0.25) is 0 Å². The molecule has 0 saturated carbocycles. The van der Waals surface area contributed by atoms with Gasteiger partial charge in [0.05, 0.1) is 0 Å². The Morgan fingerprint density at radius 3 is 2.32 bits per heavy atom. The van der Waals surface area contributed by atoms with Crippen LogP contribution in [0.15, 0.2) is 6.07 Å². The van der Waals surface area contributed by atoms with Gasteiger partial charge in [-0.3, -0.25) is 4.90 Å². The molecule has 1 aromatic rings. The Hall–Kier alpha value is -0.690. The van der Waals surface area contributed by atoms with Gasteiger partial charge in [-0.15, -0.1) is 24.8 Å². The Balaban J connectivity index is 0.00000220. The summed E-state index contributed by atoms with van der Waals surface area (Å²) in [6.07, 6.45) is 1.34. The van der Waals surface area contributed by atoms with Crippen LogP contribution in [0.2, 0.25) is 0 Å². The van der Waals surface area contributed by atoms with Gasteiger partial charge in [-0.25, -0.2) is 13.2 Å². The van der Waals surface area contributed by atoms with Crippen molar-refractivity contribution >= 4 is 24.8 Å². The number of benzene rings is 1. The van der Waals surface area contributed by atoms with Crippen LogP contribution in [0, 0.1) is 17.5 Å². The zero-order valence-corrected chi connectivity index (χ0v) is 13.9. The average molecular weight is 361 g/mol. The molecule has 1 saturated heterocycles. The van der Waals surface area contributed by atoms with E-state index in [9.17, 15) is 18.3 Å². The minimum Gasteiger partial charge on any atom is -0.507 e. The second-order valence-electron chi connectivity index (χ2n) is 5.01. The summed E-state index contributed by atoms with van der Waals surface area (Å²) in [5, 5.41) is 13.0. The third-order valence-electron chi connectivity index (χ3n) is 3.67. The lowest BCUT2D eigenvalue weighted by molar-refractivity contribution is 0.157. The Morgan fingerprint density at radius 1 is 1.18 bits per heavy atom. The summed E-state index contributed by atoms with van der Waals surface area (Å²) < 4.78 is 40.6. The van der Waals surface area contributed by atoms with Crippen molar-refractivity contribution in [2.24, 2.45) is 0 Å². The van der Waals surface area contributed by atoms with E-state index in [4.69, 9.17) is 0 Å². The average Bonchev–Trinajstić information content (AvgIpc) is 2.45. The SMILES string of the molecule is CCC[C@@H](c1c(O)cc(F)c(F)c1F)N1CCNCC1.Cl.Cl. The molecule has 3 nitrogen and oxygen atoms in total. The molecule has 1 atom stereocenters. The molecule has 1 fully saturated rings. The molecule has 1 aliphatic rings. The van der Waals surface area contributed by atoms with Crippen molar-refractivity contribution in [3.05, 3.63) is 29.1 Å². The molecule has 1 aliphatic heterocycles. The minimum absolute atomic E-state index is 0. The maximum atomic E-state index is 14.0. The van der Waals surface area contributed by atoms with E-state index in [1.54, 1.807) is 0 Å². The summed E-state index contributed by atoms with van der Waals surface area (Å²) >= 11 is 0. The molecule has 1 heterocycles. The van der Waals surface area contributed by atoms with Crippen LogP contribution in [0.1, 0.15) is 31.4 Å². The van der Waals surface area contributed by atoms with Crippen LogP contribution in [0.3, 0.4) is 0 Å². The second-order valence-corrected chi connectivity index (χ2v) is 5.01. The van der Waals surface area contributed by atoms with Crippen LogP contribution in [-0.2, 0) is 0 Å². The standard InChI is InChI=1S/C14H19F3N2O.2ClH/c1-2-3-10(19-6-4-18-5-7-19)12-11(20)8-9(15)13(16)14(12)17;;/h8,10,18,20H,2-7H2,1H3;2*1H/t10-;;/m0../s1. The lowest BCUT2D eigenvalue weighted by Gasteiger charge is -2.35. The maximum absolute atomic E-state index is 14.0. The van der Waals surface area contributed by atoms with E-state index in [1.165, 1.54) is 0 Å². The third-order valence-corrected chi connectivity index (χ3v) is 3.67. The number of aromatic hydroxyl groups is 1. The zero-order chi connectivity index (χ0) is 14.7. The molecule has 0 aliphatic carbocycles. The van der Waals surface area contributed by atoms with E-state index in [2.05, 4.69) is 5.32 Å². The van der Waals surface area contributed by atoms with Crippen LogP contribution in [0.4, 0.5) is 13.2 Å². The molecule has 22 heavy (non-hydrogen) atoms. The fraction of sp³-hybridized carbons (Fsp3) is 0.571. The van der Waals surface area contributed by atoms with E-state index in [0.717, 1.165) is 19.5 Å². The highest BCUT2D eigenvalue weighted by atomic mass is 35.5. The van der Waals surface area contributed by atoms with E-state index in [-0.39, 0.29) is 30.4 Å². The van der Waals surface area contributed by atoms with E-state index in [0.29, 0.717) is 25.6 Å². The second kappa shape index (κ2) is 9.45. The first-order chi connectivity index (χ1) is 9.56. The highest BCUT2D eigenvalue weighted by Gasteiger charge is 2.29. The predicted octanol–water partition coefficient (Wildman–Crippen LogP) is 3.40. The Bertz CT molecular complexity index is 486. The first kappa shape index (κ1) is 21.3. The van der Waals surface area contributed by atoms with Crippen LogP contribution >= 0.6 is 24.8 Å². The zero-order valence-electron chi connectivity index (χ0n) is 12.2. The largest absolute Gasteiger partial charge is 0.507 e. The third kappa shape index (κ3) is 4.41. The van der Waals surface area contributed by atoms with Gasteiger partial charge in [0.15, 0.2) is 17.5 Å². The first-order valence-electron chi connectivity index (χ1n) is 6.87. The Kier molecular flexibility index (Phi) is 9.15. The molecular weight excluding hydrogens is 340 g/mol. The molecule has 0 radical (unpaired) electrons. The molecular formula is C14H21Cl2F3N2O. The van der Waals surface area contributed by atoms with Gasteiger partial charge in [0.1, 0.15) is 5.75 Å². The molecule has 128 valence electrons. The van der Waals surface area contributed by atoms with Crippen molar-refractivity contribution in [1.82, 2.24) is 10.2 Å². The number of hydrogen-bond acceptors (Lipinski definition) is 3. The number of piperazine rings is 1. The summed E-state index contributed by atoms with van der Waals surface area (Å²) in [7, 11) is 0. The van der Waals surface area contributed by atoms with Crippen molar-refractivity contribution in [3.63, 3.8) is 0 Å². The fourth-order valence-corrected chi connectivity index (χ4v) is 2.69. The molecule has 0 bridgehead atoms. The number of phenols is 1. The number of nitrogens with zero attached hydrogens (tertiary/aromatic N) is 1. The quantitative estimate of drug-likeness (QED) is 0.807. The number of nitrogens with one attached hydrogen (secondary N) is 1. The van der Waals surface area contributed by atoms with Gasteiger partial charge in [0.25, 0.3) is 0 Å². The Morgan fingerprint density at radius 2 is 1.77 bits per heavy atom. The number of halogens is 5. The predicted molar refractivity (Wildman–Crippen MR) is 84.6 cm³/mol. The van der Waals surface area contributed by atoms with E-state index < -0.39 is 29.2 Å². The van der Waals surface area contributed by atoms with Crippen molar-refractivity contribution < 1.29 is 18.3 Å². The molecule has 0 amide bonds. The Labute approximate surface area is 140 Å². The van der Waals surface area contributed by atoms with Gasteiger partial charge in [-0.1, -0.05) is 13.3 Å². The molecule has 0 aromatic heterocycles. The molecule has 0 spiro atoms. The van der Waals surface area contributed by atoms with Gasteiger partial charge in [-0.2, -0.15) is 0 Å². The number of hydrogen-bond donors (Lipinski definition) is 2. The highest BCUT2D eigenvalue weighted by Crippen LogP contribution is 2.36. The lowest BCUT2D eigenvalue weighted by Crippen LogP contribution is -2.45. The fourth-order valence-electron chi connectivity index (χ4n) is 2.69. The van der Waals surface area contributed by atoms with Crippen LogP contribution in [0.25, 0.3) is 0 Å². The summed E-state index contributed by atoms with van der Waals surface area (Å²) in [5.41, 5.74) is -0.132. The van der Waals surface area contributed by atoms with E-state index >= 15 is 0 Å². The molecule has 2 N–H and O–H groups in total. The highest BCUT2D eigenvalue weighted by molar-refractivity contribution is 5.85. The molecule has 2 rings (SSSR count). The maximum Gasteiger partial charge on any atom is 0.195 e. The number of rotatable bonds is 4. The summed E-state index contributed by atoms with van der Waals surface area (Å²) in [4.78, 5) is 2.00. The topological polar surface area (TPSA) is 35.5 Å². The van der Waals surface area contributed by atoms with Crippen LogP contribution < -0.4 is 5.32 Å². The summed E-state index contributed by atoms with van der Waals surface area (Å²) in [6, 6.07) is 0.218. The molecule has 8 heteroatoms. The van der Waals surface area contributed by atoms with Gasteiger partial charge < -0.3 is 10.4 Å². The van der Waals surface area contributed by atoms with Crippen LogP contribution in [0.5, 0.6) is 5.75 Å². The van der Waals surface area contributed by atoms with Gasteiger partial charge >= 0.3 is 0 Å². The normalized spacial score (nSPS) is 16.5. The molecule has 1 aromatic carbocycles. The minimum atomic E-state index is -1.52. The van der Waals surface area contributed by atoms with Crippen LogP contribution in [-0.4, -0.2) is 36.2 Å². The molecule has 0 unspecified atom stereocenters. The summed E-state index contributed by atoms with van der Waals surface area (Å²) in [6.45, 7) is 4.81. The monoisotopic (exact) mass is 360 g/mol. The van der Waals surface area contributed by atoms with Crippen molar-refractivity contribution in [2.75, 3.05) is 26.2 Å². The van der Waals surface area contributed by atoms with E-state index in [1.807, 2.05) is 11.8 Å². The van der Waals surface area contributed by atoms with Crippen molar-refractivity contribution in [2.45, 2.75) is 25.8 Å². The van der Waals surface area contributed by atoms with Crippen molar-refractivity contribution in [3.8, 4) is 5.75 Å². The number of phenolic OH excluding ortho intramolecular Hbond substituents is 1. The van der Waals surface area contributed by atoms with Crippen molar-refractivity contribution in [1.29, 1.82) is 0 Å². The van der Waals surface area contributed by atoms with Gasteiger partial charge in [0, 0.05) is 43.9 Å². The summed E-state index contributed by atoms with van der Waals surface area (Å²) in [5.74, 6) is -4.67.